The van der Waals surface area contributed by atoms with Gasteiger partial charge in [0.2, 0.25) is 11.8 Å². The summed E-state index contributed by atoms with van der Waals surface area (Å²) in [5.74, 6) is -0.761. The van der Waals surface area contributed by atoms with E-state index in [1.54, 1.807) is 54.6 Å². The van der Waals surface area contributed by atoms with Crippen LogP contribution in [0, 0.1) is 6.92 Å². The van der Waals surface area contributed by atoms with Crippen molar-refractivity contribution < 1.29 is 18.0 Å². The number of anilines is 1. The highest BCUT2D eigenvalue weighted by Gasteiger charge is 2.35. The summed E-state index contributed by atoms with van der Waals surface area (Å²) in [4.78, 5) is 29.7. The SMILES string of the molecule is CCc1ccccc1N(CC(=O)N(Cc1ccc(Cl)cc1Cl)C(CC)C(=O)NC1CCCCC1)S(=O)(=O)c1ccc(C)cc1. The van der Waals surface area contributed by atoms with E-state index < -0.39 is 28.5 Å². The predicted molar refractivity (Wildman–Crippen MR) is 178 cm³/mol. The Kier molecular flexibility index (Phi) is 11.7. The second kappa shape index (κ2) is 15.3. The summed E-state index contributed by atoms with van der Waals surface area (Å²) in [5.41, 5.74) is 2.73. The largest absolute Gasteiger partial charge is 0.352 e. The van der Waals surface area contributed by atoms with Crippen LogP contribution in [0.3, 0.4) is 0 Å². The van der Waals surface area contributed by atoms with E-state index in [0.717, 1.165) is 43.2 Å². The summed E-state index contributed by atoms with van der Waals surface area (Å²) >= 11 is 12.7. The third-order valence-corrected chi connectivity index (χ3v) is 10.6. The Morgan fingerprint density at radius 3 is 2.25 bits per heavy atom. The van der Waals surface area contributed by atoms with E-state index in [-0.39, 0.29) is 23.4 Å². The molecule has 1 N–H and O–H groups in total. The highest BCUT2D eigenvalue weighted by atomic mass is 35.5. The van der Waals surface area contributed by atoms with Gasteiger partial charge in [-0.1, -0.05) is 98.3 Å². The number of hydrogen-bond acceptors (Lipinski definition) is 4. The van der Waals surface area contributed by atoms with E-state index in [9.17, 15) is 18.0 Å². The van der Waals surface area contributed by atoms with Crippen molar-refractivity contribution in [3.05, 3.63) is 93.5 Å². The maximum atomic E-state index is 14.4. The fourth-order valence-corrected chi connectivity index (χ4v) is 7.62. The molecule has 1 unspecified atom stereocenters. The van der Waals surface area contributed by atoms with Crippen LogP contribution < -0.4 is 9.62 Å². The number of para-hydroxylation sites is 1. The molecule has 2 amide bonds. The lowest BCUT2D eigenvalue weighted by molar-refractivity contribution is -0.140. The van der Waals surface area contributed by atoms with Crippen molar-refractivity contribution in [1.82, 2.24) is 10.2 Å². The molecule has 4 rings (SSSR count). The molecule has 236 valence electrons. The van der Waals surface area contributed by atoms with Crippen molar-refractivity contribution in [3.8, 4) is 0 Å². The third-order valence-electron chi connectivity index (χ3n) is 8.22. The van der Waals surface area contributed by atoms with Gasteiger partial charge in [0.15, 0.2) is 0 Å². The quantitative estimate of drug-likeness (QED) is 0.221. The average molecular weight is 659 g/mol. The molecule has 1 aliphatic rings. The smallest absolute Gasteiger partial charge is 0.264 e. The first-order chi connectivity index (χ1) is 21.0. The lowest BCUT2D eigenvalue weighted by Gasteiger charge is -2.35. The van der Waals surface area contributed by atoms with Gasteiger partial charge in [-0.3, -0.25) is 13.9 Å². The van der Waals surface area contributed by atoms with Crippen molar-refractivity contribution in [2.24, 2.45) is 0 Å². The van der Waals surface area contributed by atoms with Crippen LogP contribution >= 0.6 is 23.2 Å². The molecule has 3 aromatic carbocycles. The minimum absolute atomic E-state index is 0.0132. The van der Waals surface area contributed by atoms with Crippen LogP contribution in [0.1, 0.15) is 69.1 Å². The molecular formula is C34H41Cl2N3O4S. The second-order valence-corrected chi connectivity index (χ2v) is 14.0. The zero-order valence-electron chi connectivity index (χ0n) is 25.6. The van der Waals surface area contributed by atoms with Gasteiger partial charge in [0.1, 0.15) is 12.6 Å². The third kappa shape index (κ3) is 8.14. The van der Waals surface area contributed by atoms with Crippen LogP contribution in [0.4, 0.5) is 5.69 Å². The first kappa shape index (κ1) is 33.8. The fraction of sp³-hybridized carbons (Fsp3) is 0.412. The van der Waals surface area contributed by atoms with E-state index in [2.05, 4.69) is 5.32 Å². The van der Waals surface area contributed by atoms with Crippen molar-refractivity contribution in [3.63, 3.8) is 0 Å². The summed E-state index contributed by atoms with van der Waals surface area (Å²) in [7, 11) is -4.15. The molecule has 0 saturated heterocycles. The number of benzene rings is 3. The van der Waals surface area contributed by atoms with Crippen LogP contribution in [0.5, 0.6) is 0 Å². The number of carbonyl (C=O) groups is 2. The van der Waals surface area contributed by atoms with Crippen LogP contribution in [-0.2, 0) is 32.6 Å². The first-order valence-corrected chi connectivity index (χ1v) is 17.5. The Hall–Kier alpha value is -3.07. The number of amides is 2. The lowest BCUT2D eigenvalue weighted by Crippen LogP contribution is -2.54. The molecule has 1 aliphatic carbocycles. The average Bonchev–Trinajstić information content (AvgIpc) is 3.01. The van der Waals surface area contributed by atoms with Crippen molar-refractivity contribution in [2.75, 3.05) is 10.8 Å². The van der Waals surface area contributed by atoms with Crippen molar-refractivity contribution in [2.45, 2.75) is 89.2 Å². The monoisotopic (exact) mass is 657 g/mol. The fourth-order valence-electron chi connectivity index (χ4n) is 5.70. The Morgan fingerprint density at radius 1 is 0.932 bits per heavy atom. The van der Waals surface area contributed by atoms with Gasteiger partial charge in [-0.05, 0) is 74.1 Å². The zero-order valence-corrected chi connectivity index (χ0v) is 27.9. The number of carbonyl (C=O) groups excluding carboxylic acids is 2. The molecule has 1 fully saturated rings. The minimum Gasteiger partial charge on any atom is -0.352 e. The number of aryl methyl sites for hydroxylation is 2. The topological polar surface area (TPSA) is 86.8 Å². The van der Waals surface area contributed by atoms with Crippen molar-refractivity contribution >= 4 is 50.7 Å². The van der Waals surface area contributed by atoms with E-state index in [1.807, 2.05) is 32.9 Å². The first-order valence-electron chi connectivity index (χ1n) is 15.3. The second-order valence-electron chi connectivity index (χ2n) is 11.3. The maximum absolute atomic E-state index is 14.4. The van der Waals surface area contributed by atoms with E-state index in [4.69, 9.17) is 23.2 Å². The summed E-state index contributed by atoms with van der Waals surface area (Å²) in [6.45, 7) is 5.19. The van der Waals surface area contributed by atoms with Crippen LogP contribution in [0.2, 0.25) is 10.0 Å². The molecule has 7 nitrogen and oxygen atoms in total. The summed E-state index contributed by atoms with van der Waals surface area (Å²) in [5, 5.41) is 3.97. The molecule has 0 aromatic heterocycles. The van der Waals surface area contributed by atoms with Crippen LogP contribution in [0.25, 0.3) is 0 Å². The van der Waals surface area contributed by atoms with Crippen LogP contribution in [-0.4, -0.2) is 43.8 Å². The molecule has 1 saturated carbocycles. The van der Waals surface area contributed by atoms with Crippen molar-refractivity contribution in [1.29, 1.82) is 0 Å². The number of sulfonamides is 1. The van der Waals surface area contributed by atoms with Gasteiger partial charge in [-0.15, -0.1) is 0 Å². The maximum Gasteiger partial charge on any atom is 0.264 e. The molecule has 0 aliphatic heterocycles. The summed E-state index contributed by atoms with van der Waals surface area (Å²) in [6.07, 6.45) is 5.95. The number of nitrogens with one attached hydrogen (secondary N) is 1. The molecule has 0 heterocycles. The molecule has 0 bridgehead atoms. The van der Waals surface area contributed by atoms with E-state index in [1.165, 1.54) is 9.21 Å². The molecule has 3 aromatic rings. The Balaban J connectivity index is 1.75. The van der Waals surface area contributed by atoms with Gasteiger partial charge in [0.25, 0.3) is 10.0 Å². The van der Waals surface area contributed by atoms with Gasteiger partial charge < -0.3 is 10.2 Å². The van der Waals surface area contributed by atoms with Gasteiger partial charge >= 0.3 is 0 Å². The van der Waals surface area contributed by atoms with Crippen LogP contribution in [0.15, 0.2) is 71.6 Å². The number of hydrogen-bond donors (Lipinski definition) is 1. The van der Waals surface area contributed by atoms with E-state index >= 15 is 0 Å². The normalized spacial score (nSPS) is 14.6. The Labute approximate surface area is 271 Å². The minimum atomic E-state index is -4.15. The van der Waals surface area contributed by atoms with E-state index in [0.29, 0.717) is 34.1 Å². The lowest BCUT2D eigenvalue weighted by atomic mass is 9.95. The molecule has 0 radical (unpaired) electrons. The molecule has 44 heavy (non-hydrogen) atoms. The summed E-state index contributed by atoms with van der Waals surface area (Å²) in [6, 6.07) is 18.0. The standard InChI is InChI=1S/C34H41Cl2N3O4S/c1-4-25-11-9-10-14-32(25)39(44(42,43)29-19-15-24(3)16-20-29)23-33(40)38(22-26-17-18-27(35)21-30(26)36)31(5-2)34(41)37-28-12-7-6-8-13-28/h9-11,14-21,28,31H,4-8,12-13,22-23H2,1-3H3,(H,37,41). The molecule has 0 spiro atoms. The molecule has 1 atom stereocenters. The highest BCUT2D eigenvalue weighted by molar-refractivity contribution is 7.92. The highest BCUT2D eigenvalue weighted by Crippen LogP contribution is 2.30. The Bertz CT molecular complexity index is 1560. The predicted octanol–water partition coefficient (Wildman–Crippen LogP) is 7.32. The number of halogens is 2. The molecular weight excluding hydrogens is 617 g/mol. The number of nitrogens with zero attached hydrogens (tertiary/aromatic N) is 2. The van der Waals surface area contributed by atoms with Gasteiger partial charge in [-0.25, -0.2) is 8.42 Å². The summed E-state index contributed by atoms with van der Waals surface area (Å²) < 4.78 is 29.6. The number of rotatable bonds is 12. The molecule has 10 heteroatoms. The van der Waals surface area contributed by atoms with Gasteiger partial charge in [0.05, 0.1) is 10.6 Å². The Morgan fingerprint density at radius 2 is 1.61 bits per heavy atom. The van der Waals surface area contributed by atoms with Gasteiger partial charge in [0, 0.05) is 22.6 Å². The van der Waals surface area contributed by atoms with Gasteiger partial charge in [-0.2, -0.15) is 0 Å². The zero-order chi connectivity index (χ0) is 31.9.